The van der Waals surface area contributed by atoms with Crippen molar-refractivity contribution in [1.29, 1.82) is 0 Å². The second kappa shape index (κ2) is 5.30. The summed E-state index contributed by atoms with van der Waals surface area (Å²) in [7, 11) is 0. The van der Waals surface area contributed by atoms with E-state index in [1.807, 2.05) is 4.90 Å². The lowest BCUT2D eigenvalue weighted by Gasteiger charge is -2.16. The number of ether oxygens (including phenoxy) is 1. The monoisotopic (exact) mass is 226 g/mol. The molecule has 1 atom stereocenters. The molecule has 2 fully saturated rings. The highest BCUT2D eigenvalue weighted by atomic mass is 16.5. The second-order valence-electron chi connectivity index (χ2n) is 4.37. The van der Waals surface area contributed by atoms with Crippen molar-refractivity contribution in [1.82, 2.24) is 10.2 Å². The molecule has 0 radical (unpaired) electrons. The van der Waals surface area contributed by atoms with Gasteiger partial charge in [-0.1, -0.05) is 0 Å². The molecular formula is C11H18N2O3. The Labute approximate surface area is 95.1 Å². The van der Waals surface area contributed by atoms with E-state index in [9.17, 15) is 9.59 Å². The van der Waals surface area contributed by atoms with Gasteiger partial charge in [0.2, 0.25) is 11.8 Å². The minimum absolute atomic E-state index is 0.0322. The Morgan fingerprint density at radius 2 is 2.06 bits per heavy atom. The van der Waals surface area contributed by atoms with Crippen molar-refractivity contribution in [3.63, 3.8) is 0 Å². The predicted octanol–water partition coefficient (Wildman–Crippen LogP) is -0.239. The Balaban J connectivity index is 1.69. The van der Waals surface area contributed by atoms with Crippen LogP contribution in [0.2, 0.25) is 0 Å². The first-order valence-electron chi connectivity index (χ1n) is 5.90. The van der Waals surface area contributed by atoms with E-state index in [4.69, 9.17) is 4.74 Å². The highest BCUT2D eigenvalue weighted by Crippen LogP contribution is 2.12. The van der Waals surface area contributed by atoms with E-state index in [0.29, 0.717) is 13.2 Å². The van der Waals surface area contributed by atoms with Crippen LogP contribution in [0.25, 0.3) is 0 Å². The van der Waals surface area contributed by atoms with Gasteiger partial charge in [0.05, 0.1) is 19.1 Å². The van der Waals surface area contributed by atoms with Gasteiger partial charge in [0.25, 0.3) is 0 Å². The fourth-order valence-corrected chi connectivity index (χ4v) is 2.13. The fourth-order valence-electron chi connectivity index (χ4n) is 2.13. The molecule has 5 heteroatoms. The summed E-state index contributed by atoms with van der Waals surface area (Å²) in [6, 6.07) is 0. The molecule has 2 amide bonds. The highest BCUT2D eigenvalue weighted by Gasteiger charge is 2.24. The van der Waals surface area contributed by atoms with Crippen LogP contribution in [0.15, 0.2) is 0 Å². The van der Waals surface area contributed by atoms with Crippen LogP contribution in [0.4, 0.5) is 0 Å². The molecule has 2 aliphatic heterocycles. The summed E-state index contributed by atoms with van der Waals surface area (Å²) in [4.78, 5) is 25.1. The molecule has 0 aliphatic carbocycles. The van der Waals surface area contributed by atoms with Crippen molar-refractivity contribution in [2.45, 2.75) is 19.3 Å². The normalized spacial score (nSPS) is 24.8. The van der Waals surface area contributed by atoms with Gasteiger partial charge in [0.1, 0.15) is 0 Å². The standard InChI is InChI=1S/C11H18N2O3/c14-10(13-4-1-2-5-13)7-12-11(15)9-3-6-16-8-9/h9H,1-8H2,(H,12,15). The van der Waals surface area contributed by atoms with E-state index in [0.717, 1.165) is 32.4 Å². The summed E-state index contributed by atoms with van der Waals surface area (Å²) in [5, 5.41) is 2.69. The second-order valence-corrected chi connectivity index (χ2v) is 4.37. The first-order valence-corrected chi connectivity index (χ1v) is 5.90. The molecule has 1 unspecified atom stereocenters. The first kappa shape index (κ1) is 11.4. The van der Waals surface area contributed by atoms with E-state index in [-0.39, 0.29) is 24.3 Å². The fraction of sp³-hybridized carbons (Fsp3) is 0.818. The zero-order valence-electron chi connectivity index (χ0n) is 9.41. The Kier molecular flexibility index (Phi) is 3.77. The highest BCUT2D eigenvalue weighted by molar-refractivity contribution is 5.86. The van der Waals surface area contributed by atoms with Gasteiger partial charge in [-0.05, 0) is 19.3 Å². The van der Waals surface area contributed by atoms with E-state index in [1.165, 1.54) is 0 Å². The molecule has 0 aromatic carbocycles. The third kappa shape index (κ3) is 2.72. The van der Waals surface area contributed by atoms with Crippen LogP contribution in [0.3, 0.4) is 0 Å². The number of nitrogens with one attached hydrogen (secondary N) is 1. The molecule has 0 spiro atoms. The summed E-state index contributed by atoms with van der Waals surface area (Å²) in [6.07, 6.45) is 2.93. The van der Waals surface area contributed by atoms with Crippen molar-refractivity contribution in [2.24, 2.45) is 5.92 Å². The van der Waals surface area contributed by atoms with Crippen LogP contribution in [0, 0.1) is 5.92 Å². The van der Waals surface area contributed by atoms with Crippen LogP contribution >= 0.6 is 0 Å². The number of carbonyl (C=O) groups is 2. The SMILES string of the molecule is O=C(NCC(=O)N1CCCC1)C1CCOC1. The maximum atomic E-state index is 11.6. The molecule has 90 valence electrons. The summed E-state index contributed by atoms with van der Waals surface area (Å²) >= 11 is 0. The lowest BCUT2D eigenvalue weighted by Crippen LogP contribution is -2.41. The van der Waals surface area contributed by atoms with Crippen LogP contribution in [-0.4, -0.2) is 49.6 Å². The lowest BCUT2D eigenvalue weighted by atomic mass is 10.1. The topological polar surface area (TPSA) is 58.6 Å². The van der Waals surface area contributed by atoms with Crippen molar-refractivity contribution >= 4 is 11.8 Å². The van der Waals surface area contributed by atoms with Crippen LogP contribution < -0.4 is 5.32 Å². The Morgan fingerprint density at radius 3 is 2.69 bits per heavy atom. The molecule has 16 heavy (non-hydrogen) atoms. The van der Waals surface area contributed by atoms with Gasteiger partial charge in [-0.3, -0.25) is 9.59 Å². The average Bonchev–Trinajstić information content (AvgIpc) is 2.95. The van der Waals surface area contributed by atoms with Crippen molar-refractivity contribution in [2.75, 3.05) is 32.8 Å². The Morgan fingerprint density at radius 1 is 1.31 bits per heavy atom. The van der Waals surface area contributed by atoms with Gasteiger partial charge in [-0.15, -0.1) is 0 Å². The van der Waals surface area contributed by atoms with E-state index in [1.54, 1.807) is 0 Å². The maximum Gasteiger partial charge on any atom is 0.241 e. The van der Waals surface area contributed by atoms with Gasteiger partial charge in [0, 0.05) is 19.7 Å². The molecule has 5 nitrogen and oxygen atoms in total. The molecule has 0 aromatic heterocycles. The van der Waals surface area contributed by atoms with E-state index >= 15 is 0 Å². The number of hydrogen-bond donors (Lipinski definition) is 1. The van der Waals surface area contributed by atoms with Gasteiger partial charge >= 0.3 is 0 Å². The smallest absolute Gasteiger partial charge is 0.241 e. The molecule has 2 rings (SSSR count). The lowest BCUT2D eigenvalue weighted by molar-refractivity contribution is -0.133. The molecule has 2 heterocycles. The number of hydrogen-bond acceptors (Lipinski definition) is 3. The molecule has 0 bridgehead atoms. The third-order valence-corrected chi connectivity index (χ3v) is 3.17. The summed E-state index contributed by atoms with van der Waals surface area (Å²) in [6.45, 7) is 2.94. The summed E-state index contributed by atoms with van der Waals surface area (Å²) < 4.78 is 5.13. The van der Waals surface area contributed by atoms with Gasteiger partial charge in [-0.2, -0.15) is 0 Å². The van der Waals surface area contributed by atoms with Crippen LogP contribution in [-0.2, 0) is 14.3 Å². The minimum Gasteiger partial charge on any atom is -0.381 e. The average molecular weight is 226 g/mol. The number of rotatable bonds is 3. The number of nitrogens with zero attached hydrogens (tertiary/aromatic N) is 1. The third-order valence-electron chi connectivity index (χ3n) is 3.17. The van der Waals surface area contributed by atoms with Crippen molar-refractivity contribution in [3.8, 4) is 0 Å². The minimum atomic E-state index is -0.0635. The van der Waals surface area contributed by atoms with Crippen molar-refractivity contribution < 1.29 is 14.3 Å². The zero-order valence-corrected chi connectivity index (χ0v) is 9.41. The predicted molar refractivity (Wildman–Crippen MR) is 57.7 cm³/mol. The number of carbonyl (C=O) groups excluding carboxylic acids is 2. The molecular weight excluding hydrogens is 208 g/mol. The molecule has 2 aliphatic rings. The number of amides is 2. The largest absolute Gasteiger partial charge is 0.381 e. The van der Waals surface area contributed by atoms with Crippen molar-refractivity contribution in [3.05, 3.63) is 0 Å². The Hall–Kier alpha value is -1.10. The number of likely N-dealkylation sites (tertiary alicyclic amines) is 1. The first-order chi connectivity index (χ1) is 7.77. The molecule has 2 saturated heterocycles. The van der Waals surface area contributed by atoms with Gasteiger partial charge in [0.15, 0.2) is 0 Å². The molecule has 0 saturated carbocycles. The summed E-state index contributed by atoms with van der Waals surface area (Å²) in [5.41, 5.74) is 0. The van der Waals surface area contributed by atoms with Gasteiger partial charge < -0.3 is 15.0 Å². The molecule has 0 aromatic rings. The quantitative estimate of drug-likeness (QED) is 0.722. The zero-order chi connectivity index (χ0) is 11.4. The van der Waals surface area contributed by atoms with Crippen LogP contribution in [0.1, 0.15) is 19.3 Å². The maximum absolute atomic E-state index is 11.6. The van der Waals surface area contributed by atoms with Crippen LogP contribution in [0.5, 0.6) is 0 Å². The molecule has 1 N–H and O–H groups in total. The van der Waals surface area contributed by atoms with E-state index in [2.05, 4.69) is 5.32 Å². The Bertz CT molecular complexity index is 240. The summed E-state index contributed by atoms with van der Waals surface area (Å²) in [5.74, 6) is -0.0822. The van der Waals surface area contributed by atoms with E-state index < -0.39 is 0 Å². The van der Waals surface area contributed by atoms with Gasteiger partial charge in [-0.25, -0.2) is 0 Å².